The summed E-state index contributed by atoms with van der Waals surface area (Å²) in [6.45, 7) is 8.21. The minimum absolute atomic E-state index is 0.123. The fourth-order valence-corrected chi connectivity index (χ4v) is 2.86. The van der Waals surface area contributed by atoms with E-state index in [1.54, 1.807) is 0 Å². The Balaban J connectivity index is 1.93. The molecule has 0 radical (unpaired) electrons. The quantitative estimate of drug-likeness (QED) is 0.542. The molecule has 1 aliphatic carbocycles. The van der Waals surface area contributed by atoms with Crippen molar-refractivity contribution < 1.29 is 28.9 Å². The van der Waals surface area contributed by atoms with Crippen molar-refractivity contribution in [3.05, 3.63) is 18.0 Å². The number of nitrogens with zero attached hydrogens (tertiary/aromatic N) is 1. The molecule has 8 heteroatoms. The third kappa shape index (κ3) is 6.88. The second-order valence-corrected chi connectivity index (χ2v) is 7.99. The van der Waals surface area contributed by atoms with Gasteiger partial charge in [0.2, 0.25) is 0 Å². The lowest BCUT2D eigenvalue weighted by atomic mass is 10.0. The summed E-state index contributed by atoms with van der Waals surface area (Å²) in [5.74, 6) is -0.502. The van der Waals surface area contributed by atoms with Crippen LogP contribution < -0.4 is 10.1 Å². The number of amides is 1. The summed E-state index contributed by atoms with van der Waals surface area (Å²) in [7, 11) is 1.37. The largest absolute Gasteiger partial charge is 0.503 e. The normalized spacial score (nSPS) is 16.8. The Labute approximate surface area is 171 Å². The van der Waals surface area contributed by atoms with Gasteiger partial charge in [0.05, 0.1) is 13.2 Å². The van der Waals surface area contributed by atoms with Crippen LogP contribution in [0.15, 0.2) is 12.3 Å². The van der Waals surface area contributed by atoms with Crippen LogP contribution in [-0.2, 0) is 14.3 Å². The number of aromatic nitrogens is 1. The standard InChI is InChI=1S/C21H32N2O6/c1-12(2)10-17(28-11-15-6-7-15)14(4)29-21(26)13(3)23-20(25)18-19(24)16(27-5)8-9-22-18/h8-9,12-15,17,24H,6-7,10-11H2,1-5H3,(H,23,25)/t13-,14-,17+/m0/s1. The smallest absolute Gasteiger partial charge is 0.328 e. The van der Waals surface area contributed by atoms with Crippen molar-refractivity contribution in [2.24, 2.45) is 11.8 Å². The summed E-state index contributed by atoms with van der Waals surface area (Å²) in [5.41, 5.74) is -0.220. The first kappa shape index (κ1) is 22.9. The van der Waals surface area contributed by atoms with Crippen molar-refractivity contribution in [1.29, 1.82) is 0 Å². The molecule has 1 aliphatic rings. The van der Waals surface area contributed by atoms with E-state index in [-0.39, 0.29) is 23.3 Å². The molecule has 1 aromatic rings. The number of hydrogen-bond donors (Lipinski definition) is 2. The average molecular weight is 408 g/mol. The molecular formula is C21H32N2O6. The molecule has 1 aromatic heterocycles. The first-order chi connectivity index (χ1) is 13.7. The lowest BCUT2D eigenvalue weighted by molar-refractivity contribution is -0.159. The van der Waals surface area contributed by atoms with Crippen molar-refractivity contribution in [2.45, 2.75) is 65.2 Å². The molecule has 8 nitrogen and oxygen atoms in total. The van der Waals surface area contributed by atoms with E-state index in [0.29, 0.717) is 18.4 Å². The maximum Gasteiger partial charge on any atom is 0.328 e. The molecule has 0 unspecified atom stereocenters. The Kier molecular flexibility index (Phi) is 8.25. The molecular weight excluding hydrogens is 376 g/mol. The van der Waals surface area contributed by atoms with Crippen molar-refractivity contribution in [2.75, 3.05) is 13.7 Å². The van der Waals surface area contributed by atoms with Crippen LogP contribution in [0.2, 0.25) is 0 Å². The van der Waals surface area contributed by atoms with Crippen LogP contribution >= 0.6 is 0 Å². The zero-order chi connectivity index (χ0) is 21.6. The van der Waals surface area contributed by atoms with E-state index in [4.69, 9.17) is 14.2 Å². The van der Waals surface area contributed by atoms with Crippen LogP contribution in [-0.4, -0.2) is 53.9 Å². The molecule has 1 fully saturated rings. The number of carbonyl (C=O) groups excluding carboxylic acids is 2. The monoisotopic (exact) mass is 408 g/mol. The number of pyridine rings is 1. The summed E-state index contributed by atoms with van der Waals surface area (Å²) in [4.78, 5) is 28.7. The second kappa shape index (κ2) is 10.4. The predicted octanol–water partition coefficient (Wildman–Crippen LogP) is 2.69. The molecule has 2 N–H and O–H groups in total. The van der Waals surface area contributed by atoms with Crippen LogP contribution in [0.5, 0.6) is 11.5 Å². The van der Waals surface area contributed by atoms with Crippen LogP contribution in [0.3, 0.4) is 0 Å². The zero-order valence-corrected chi connectivity index (χ0v) is 17.8. The summed E-state index contributed by atoms with van der Waals surface area (Å²) in [5, 5.41) is 12.5. The van der Waals surface area contributed by atoms with Crippen molar-refractivity contribution in [3.63, 3.8) is 0 Å². The third-order valence-electron chi connectivity index (χ3n) is 4.80. The van der Waals surface area contributed by atoms with Gasteiger partial charge in [0.1, 0.15) is 12.1 Å². The number of carbonyl (C=O) groups is 2. The van der Waals surface area contributed by atoms with Gasteiger partial charge in [0.25, 0.3) is 5.91 Å². The number of nitrogens with one attached hydrogen (secondary N) is 1. The van der Waals surface area contributed by atoms with Crippen molar-refractivity contribution in [3.8, 4) is 11.5 Å². The predicted molar refractivity (Wildman–Crippen MR) is 107 cm³/mol. The van der Waals surface area contributed by atoms with E-state index in [2.05, 4.69) is 24.1 Å². The minimum Gasteiger partial charge on any atom is -0.503 e. The molecule has 1 heterocycles. The highest BCUT2D eigenvalue weighted by atomic mass is 16.6. The number of methoxy groups -OCH3 is 1. The van der Waals surface area contributed by atoms with Crippen LogP contribution in [0.1, 0.15) is 57.4 Å². The van der Waals surface area contributed by atoms with Crippen LogP contribution in [0.25, 0.3) is 0 Å². The molecule has 0 spiro atoms. The summed E-state index contributed by atoms with van der Waals surface area (Å²) in [6.07, 6.45) is 3.88. The second-order valence-electron chi connectivity index (χ2n) is 7.99. The number of esters is 1. The van der Waals surface area contributed by atoms with Gasteiger partial charge in [-0.05, 0) is 44.9 Å². The fraction of sp³-hybridized carbons (Fsp3) is 0.667. The molecule has 3 atom stereocenters. The SMILES string of the molecule is COc1ccnc(C(=O)N[C@@H](C)C(=O)O[C@@H](C)[C@@H](CC(C)C)OCC2CC2)c1O. The van der Waals surface area contributed by atoms with Crippen LogP contribution in [0, 0.1) is 11.8 Å². The van der Waals surface area contributed by atoms with Gasteiger partial charge in [0, 0.05) is 18.9 Å². The van der Waals surface area contributed by atoms with Crippen molar-refractivity contribution >= 4 is 11.9 Å². The van der Waals surface area contributed by atoms with Gasteiger partial charge in [-0.15, -0.1) is 0 Å². The Morgan fingerprint density at radius 2 is 1.97 bits per heavy atom. The molecule has 29 heavy (non-hydrogen) atoms. The summed E-state index contributed by atoms with van der Waals surface area (Å²) < 4.78 is 16.5. The van der Waals surface area contributed by atoms with Crippen molar-refractivity contribution in [1.82, 2.24) is 10.3 Å². The minimum atomic E-state index is -0.916. The fourth-order valence-electron chi connectivity index (χ4n) is 2.86. The highest BCUT2D eigenvalue weighted by Crippen LogP contribution is 2.30. The highest BCUT2D eigenvalue weighted by molar-refractivity contribution is 5.97. The molecule has 2 rings (SSSR count). The summed E-state index contributed by atoms with van der Waals surface area (Å²) >= 11 is 0. The molecule has 0 aliphatic heterocycles. The Bertz CT molecular complexity index is 704. The van der Waals surface area contributed by atoms with Gasteiger partial charge < -0.3 is 24.6 Å². The third-order valence-corrected chi connectivity index (χ3v) is 4.80. The Hall–Kier alpha value is -2.35. The van der Waals surface area contributed by atoms with Gasteiger partial charge in [-0.2, -0.15) is 0 Å². The molecule has 0 aromatic carbocycles. The van der Waals surface area contributed by atoms with Gasteiger partial charge in [0.15, 0.2) is 17.2 Å². The van der Waals surface area contributed by atoms with E-state index in [0.717, 1.165) is 6.42 Å². The van der Waals surface area contributed by atoms with Gasteiger partial charge in [-0.3, -0.25) is 4.79 Å². The zero-order valence-electron chi connectivity index (χ0n) is 17.8. The maximum atomic E-state index is 12.5. The van der Waals surface area contributed by atoms with Gasteiger partial charge in [-0.25, -0.2) is 9.78 Å². The number of aromatic hydroxyl groups is 1. The molecule has 1 amide bonds. The molecule has 1 saturated carbocycles. The van der Waals surface area contributed by atoms with Crippen LogP contribution in [0.4, 0.5) is 0 Å². The van der Waals surface area contributed by atoms with Gasteiger partial charge >= 0.3 is 5.97 Å². The molecule has 0 bridgehead atoms. The Morgan fingerprint density at radius 3 is 2.55 bits per heavy atom. The highest BCUT2D eigenvalue weighted by Gasteiger charge is 2.29. The molecule has 0 saturated heterocycles. The lowest BCUT2D eigenvalue weighted by Gasteiger charge is -2.27. The van der Waals surface area contributed by atoms with E-state index in [1.165, 1.54) is 39.1 Å². The number of rotatable bonds is 11. The average Bonchev–Trinajstić information content (AvgIpc) is 3.49. The first-order valence-corrected chi connectivity index (χ1v) is 10.1. The topological polar surface area (TPSA) is 107 Å². The number of ether oxygens (including phenoxy) is 3. The van der Waals surface area contributed by atoms with E-state index in [1.807, 2.05) is 6.92 Å². The van der Waals surface area contributed by atoms with E-state index in [9.17, 15) is 14.7 Å². The molecule has 162 valence electrons. The maximum absolute atomic E-state index is 12.5. The Morgan fingerprint density at radius 1 is 1.28 bits per heavy atom. The summed E-state index contributed by atoms with van der Waals surface area (Å²) in [6, 6.07) is 0.516. The van der Waals surface area contributed by atoms with E-state index >= 15 is 0 Å². The first-order valence-electron chi connectivity index (χ1n) is 10.1. The van der Waals surface area contributed by atoms with E-state index < -0.39 is 24.0 Å². The number of hydrogen-bond acceptors (Lipinski definition) is 7. The van der Waals surface area contributed by atoms with Gasteiger partial charge in [-0.1, -0.05) is 13.8 Å². The lowest BCUT2D eigenvalue weighted by Crippen LogP contribution is -2.43.